The zero-order valence-electron chi connectivity index (χ0n) is 68.8. The molecule has 2 aliphatic rings. The van der Waals surface area contributed by atoms with Crippen LogP contribution in [-0.4, -0.2) is 248 Å². The first-order chi connectivity index (χ1) is 59.4. The number of hydrogen-bond acceptors (Lipinski definition) is 21. The van der Waals surface area contributed by atoms with Crippen molar-refractivity contribution in [1.82, 2.24) is 87.0 Å². The average molecular weight is 1790 g/mol. The van der Waals surface area contributed by atoms with Crippen LogP contribution in [0.15, 0.2) is 128 Å². The molecule has 10 unspecified atom stereocenters. The molecule has 18 N–H and O–H groups in total. The van der Waals surface area contributed by atoms with Crippen molar-refractivity contribution in [3.8, 4) is 0 Å². The Bertz CT molecular complexity index is 4840. The molecular weight excluding hydrogens is 1680 g/mol. The van der Waals surface area contributed by atoms with E-state index in [1.165, 1.54) is 80.7 Å². The van der Waals surface area contributed by atoms with Crippen LogP contribution in [0.2, 0.25) is 0 Å². The van der Waals surface area contributed by atoms with Crippen molar-refractivity contribution < 1.29 is 96.1 Å². The van der Waals surface area contributed by atoms with E-state index in [0.29, 0.717) is 51.6 Å². The Morgan fingerprint density at radius 1 is 0.468 bits per heavy atom. The molecule has 10 atom stereocenters. The lowest BCUT2D eigenvalue weighted by Crippen LogP contribution is -2.59. The fourth-order valence-corrected chi connectivity index (χ4v) is 18.1. The number of hydrogen-bond donors (Lipinski definition) is 16. The summed E-state index contributed by atoms with van der Waals surface area (Å²) < 4.78 is 7.77. The minimum absolute atomic E-state index is 0.000550. The molecule has 0 aliphatic carbocycles. The maximum absolute atomic E-state index is 14.1. The number of para-hydroxylation sites is 2. The van der Waals surface area contributed by atoms with Crippen LogP contribution in [0.4, 0.5) is 0 Å². The van der Waals surface area contributed by atoms with Gasteiger partial charge in [-0.3, -0.25) is 76.7 Å². The second kappa shape index (κ2) is 47.4. The number of nitrogens with zero attached hydrogens (tertiary/aromatic N) is 7. The van der Waals surface area contributed by atoms with Crippen molar-refractivity contribution in [3.05, 3.63) is 140 Å². The van der Waals surface area contributed by atoms with Crippen LogP contribution in [0, 0.1) is 0 Å². The van der Waals surface area contributed by atoms with Crippen LogP contribution in [0.1, 0.15) is 103 Å². The molecule has 8 heterocycles. The molecule has 124 heavy (non-hydrogen) atoms. The SMILES string of the molecule is CC1NC(=O)C(CC(=O)O)NC(=O)CNC(=O)C(CCCC[n+]2ccn3ccccc32)NC(=O)CCSSCC(C(N)=O)NC(=O)C(C)N(CCc2c[nH]c3ccccc23)C1=O.CC1NC(=O)C(CC(=O)O)NC(=O)CNC(=O)C(CCCC[n+]2ccn3ncccc32)NC(=O)CCSSCC(C(N)=O)NC(=O)C(C)N(CCc2c[nH]c3ccccc23)C1=O. The van der Waals surface area contributed by atoms with Crippen molar-refractivity contribution in [2.24, 2.45) is 11.5 Å². The van der Waals surface area contributed by atoms with E-state index < -0.39 is 181 Å². The van der Waals surface area contributed by atoms with Gasteiger partial charge in [-0.05, 0) is 114 Å². The molecule has 2 fully saturated rings. The molecule has 10 rings (SSSR count). The summed E-state index contributed by atoms with van der Waals surface area (Å²) in [5.41, 5.74) is 16.6. The highest BCUT2D eigenvalue weighted by Crippen LogP contribution is 2.26. The fourth-order valence-electron chi connectivity index (χ4n) is 13.8. The van der Waals surface area contributed by atoms with Crippen LogP contribution in [-0.2, 0) is 103 Å². The monoisotopic (exact) mass is 1790 g/mol. The van der Waals surface area contributed by atoms with Gasteiger partial charge in [0.05, 0.1) is 51.4 Å². The molecule has 0 saturated carbocycles. The number of carbonyl (C=O) groups excluding carboxylic acids is 14. The van der Waals surface area contributed by atoms with Crippen molar-refractivity contribution in [2.45, 2.75) is 178 Å². The zero-order valence-corrected chi connectivity index (χ0v) is 72.1. The third kappa shape index (κ3) is 28.4. The Morgan fingerprint density at radius 2 is 0.895 bits per heavy atom. The van der Waals surface area contributed by atoms with Gasteiger partial charge in [0, 0.05) is 95.3 Å². The summed E-state index contributed by atoms with van der Waals surface area (Å²) in [6.07, 6.45) is 16.4. The molecule has 39 nitrogen and oxygen atoms in total. The third-order valence-electron chi connectivity index (χ3n) is 20.6. The number of H-pyrrole nitrogens is 2. The first-order valence-corrected chi connectivity index (χ1v) is 45.3. The van der Waals surface area contributed by atoms with E-state index in [1.54, 1.807) is 23.1 Å². The van der Waals surface area contributed by atoms with E-state index >= 15 is 0 Å². The smallest absolute Gasteiger partial charge is 0.307 e. The summed E-state index contributed by atoms with van der Waals surface area (Å²) in [6, 6.07) is 12.0. The third-order valence-corrected chi connectivity index (χ3v) is 25.4. The number of aliphatic carboxylic acids is 2. The number of amides is 14. The van der Waals surface area contributed by atoms with Crippen LogP contribution in [0.5, 0.6) is 0 Å². The van der Waals surface area contributed by atoms with Gasteiger partial charge in [-0.2, -0.15) is 0 Å². The quantitative estimate of drug-likeness (QED) is 0.0236. The predicted octanol–water partition coefficient (Wildman–Crippen LogP) is -0.288. The number of imidazole rings is 2. The molecule has 0 bridgehead atoms. The summed E-state index contributed by atoms with van der Waals surface area (Å²) in [5, 5.41) is 50.6. The summed E-state index contributed by atoms with van der Waals surface area (Å²) >= 11 is 0. The van der Waals surface area contributed by atoms with Gasteiger partial charge in [-0.15, -0.1) is 4.52 Å². The number of carbonyl (C=O) groups is 16. The summed E-state index contributed by atoms with van der Waals surface area (Å²) in [4.78, 5) is 219. The summed E-state index contributed by atoms with van der Waals surface area (Å²) in [6.45, 7) is 5.61. The lowest BCUT2D eigenvalue weighted by Gasteiger charge is -2.32. The Kier molecular flexibility index (Phi) is 36.5. The second-order valence-corrected chi connectivity index (χ2v) is 34.9. The van der Waals surface area contributed by atoms with Crippen molar-refractivity contribution in [1.29, 1.82) is 0 Å². The van der Waals surface area contributed by atoms with Crippen molar-refractivity contribution >= 4 is 171 Å². The van der Waals surface area contributed by atoms with Gasteiger partial charge >= 0.3 is 17.6 Å². The number of rotatable bonds is 22. The Balaban J connectivity index is 0.000000281. The molecular formula is C81H105N21O18S4+2. The normalized spacial score (nSPS) is 22.0. The molecule has 664 valence electrons. The number of nitrogens with two attached hydrogens (primary N) is 2. The maximum atomic E-state index is 14.1. The molecule has 14 amide bonds. The summed E-state index contributed by atoms with van der Waals surface area (Å²) in [7, 11) is 4.93. The number of unbranched alkanes of at least 4 members (excludes halogenated alkanes) is 2. The topological polar surface area (TPSA) is 553 Å². The minimum atomic E-state index is -1.66. The largest absolute Gasteiger partial charge is 0.481 e. The lowest BCUT2D eigenvalue weighted by molar-refractivity contribution is -0.671. The Morgan fingerprint density at radius 3 is 1.35 bits per heavy atom. The average Bonchev–Trinajstić information content (AvgIpc) is 1.77. The van der Waals surface area contributed by atoms with Gasteiger partial charge in [0.2, 0.25) is 82.7 Å². The van der Waals surface area contributed by atoms with E-state index in [0.717, 1.165) is 44.2 Å². The summed E-state index contributed by atoms with van der Waals surface area (Å²) in [5.74, 6) is -12.6. The lowest BCUT2D eigenvalue weighted by atomic mass is 10.1. The standard InChI is InChI=1S/C41H52N10O9S2.C40H51N11O9S2/c1-25-41(60)51(17-13-27-22-43-29-10-4-3-9-28(27)29)26(2)38(57)48-32(37(42)56)24-62-61-20-14-33(52)46-30(11-5-7-15-49-18-19-50-16-8-6-12-35(49)50)39(58)44-23-34(53)47-31(21-36(54)55)40(59)45-25;1-24-40(60)50(16-12-26-21-42-28-9-4-3-8-27(26)28)25(2)37(57)48-31(36(41)56)23-62-61-19-13-32(52)46-29(10-5-6-15-49-17-18-51-34(49)11-7-14-44-51)38(58)43-22-33(53)47-30(20-35(54)55)39(59)45-24/h3-4,6,8-10,12,16,18-19,22,25-26,30-32,43H,5,7,11,13-15,17,20-21,23-24H2,1-2H3,(H7-,42,44,45,46,47,48,52,53,54,55,56,57,58,59);3-4,7-9,11,14,17-18,21,24-25,29-31,42H,5-6,10,12-13,15-16,19-20,22-23H2,1-2H3,(H7-,41,43,45,46,47,48,52,53,54,55,56,57,58,59)/p+2. The van der Waals surface area contributed by atoms with Gasteiger partial charge in [0.1, 0.15) is 79.0 Å². The molecule has 43 heteroatoms. The first-order valence-electron chi connectivity index (χ1n) is 40.4. The highest BCUT2D eigenvalue weighted by Gasteiger charge is 2.37. The molecule has 0 radical (unpaired) electrons. The Labute approximate surface area is 728 Å². The number of primary amides is 2. The molecule has 2 aliphatic heterocycles. The van der Waals surface area contributed by atoms with Gasteiger partial charge < -0.3 is 94.6 Å². The van der Waals surface area contributed by atoms with Gasteiger partial charge in [-0.1, -0.05) is 90.7 Å². The van der Waals surface area contributed by atoms with Gasteiger partial charge in [0.15, 0.2) is 6.20 Å². The number of aromatic amines is 2. The number of benzene rings is 2. The minimum Gasteiger partial charge on any atom is -0.481 e. The second-order valence-electron chi connectivity index (χ2n) is 29.6. The number of aryl methyl sites for hydroxylation is 2. The number of fused-ring (bicyclic) bond motifs is 4. The first kappa shape index (κ1) is 95.6. The van der Waals surface area contributed by atoms with Crippen LogP contribution < -0.4 is 73.8 Å². The predicted molar refractivity (Wildman–Crippen MR) is 462 cm³/mol. The van der Waals surface area contributed by atoms with Crippen molar-refractivity contribution in [3.63, 3.8) is 0 Å². The van der Waals surface area contributed by atoms with Crippen LogP contribution in [0.3, 0.4) is 0 Å². The highest BCUT2D eigenvalue weighted by atomic mass is 33.1. The van der Waals surface area contributed by atoms with Crippen LogP contribution in [0.25, 0.3) is 33.1 Å². The number of carboxylic acids is 2. The zero-order chi connectivity index (χ0) is 89.5. The van der Waals surface area contributed by atoms with E-state index in [2.05, 4.69) is 72.8 Å². The van der Waals surface area contributed by atoms with Crippen molar-refractivity contribution in [2.75, 3.05) is 49.2 Å². The van der Waals surface area contributed by atoms with E-state index in [9.17, 15) is 86.9 Å². The maximum Gasteiger partial charge on any atom is 0.307 e. The molecule has 2 saturated heterocycles. The molecule has 8 aromatic rings. The fraction of sp³-hybridized carbons (Fsp3) is 0.444. The number of aromatic nitrogens is 7. The molecule has 0 spiro atoms. The number of pyridine rings is 1. The Hall–Kier alpha value is -12.3. The van der Waals surface area contributed by atoms with E-state index in [4.69, 9.17) is 11.5 Å². The van der Waals surface area contributed by atoms with Crippen LogP contribution >= 0.6 is 43.2 Å². The molecule has 6 aromatic heterocycles. The van der Waals surface area contributed by atoms with Gasteiger partial charge in [0.25, 0.3) is 5.65 Å². The number of carboxylic acid groups (broad SMARTS) is 2. The van der Waals surface area contributed by atoms with E-state index in [1.807, 2.05) is 119 Å². The van der Waals surface area contributed by atoms with E-state index in [-0.39, 0.29) is 61.8 Å². The molecule has 2 aromatic carbocycles. The van der Waals surface area contributed by atoms with Gasteiger partial charge in [-0.25, -0.2) is 13.5 Å². The highest BCUT2D eigenvalue weighted by molar-refractivity contribution is 8.77. The number of nitrogens with one attached hydrogen (secondary N) is 12.